The summed E-state index contributed by atoms with van der Waals surface area (Å²) in [6, 6.07) is 29.0. The molecule has 1 aliphatic rings. The van der Waals surface area contributed by atoms with E-state index in [0.717, 1.165) is 16.1 Å². The quantitative estimate of drug-likeness (QED) is 0.128. The minimum Gasteiger partial charge on any atom is -0.486 e. The van der Waals surface area contributed by atoms with Gasteiger partial charge in [-0.05, 0) is 72.7 Å². The van der Waals surface area contributed by atoms with Gasteiger partial charge in [0.2, 0.25) is 5.91 Å². The van der Waals surface area contributed by atoms with Crippen molar-refractivity contribution >= 4 is 52.6 Å². The van der Waals surface area contributed by atoms with E-state index in [-0.39, 0.29) is 16.9 Å². The van der Waals surface area contributed by atoms with Crippen LogP contribution in [0.25, 0.3) is 6.08 Å². The average Bonchev–Trinajstić information content (AvgIpc) is 3.07. The van der Waals surface area contributed by atoms with Crippen molar-refractivity contribution in [3.63, 3.8) is 0 Å². The summed E-state index contributed by atoms with van der Waals surface area (Å²) in [5.41, 5.74) is 3.44. The molecular formula is C36H36N4O5S. The van der Waals surface area contributed by atoms with Crippen LogP contribution in [0.1, 0.15) is 29.3 Å². The van der Waals surface area contributed by atoms with Crippen molar-refractivity contribution in [3.05, 3.63) is 114 Å². The van der Waals surface area contributed by atoms with Gasteiger partial charge >= 0.3 is 0 Å². The van der Waals surface area contributed by atoms with Crippen LogP contribution in [0.2, 0.25) is 0 Å². The Morgan fingerprint density at radius 2 is 1.54 bits per heavy atom. The van der Waals surface area contributed by atoms with Gasteiger partial charge in [-0.25, -0.2) is 0 Å². The number of hydrogen-bond donors (Lipinski definition) is 3. The predicted octanol–water partition coefficient (Wildman–Crippen LogP) is 6.44. The second-order valence-corrected chi connectivity index (χ2v) is 12.0. The summed E-state index contributed by atoms with van der Waals surface area (Å²) >= 11 is 1.40. The van der Waals surface area contributed by atoms with Crippen molar-refractivity contribution in [2.24, 2.45) is 0 Å². The van der Waals surface area contributed by atoms with E-state index in [1.807, 2.05) is 74.4 Å². The van der Waals surface area contributed by atoms with E-state index < -0.39 is 11.8 Å². The standard InChI is InChI=1S/C36H36N4O5S/c1-4-33(36(43)38-27-15-18-31-32(23-27)45-20-19-44-31)46-29-12-8-11-26(22-29)37-35(42)30(39-34(41)25-9-6-5-7-10-25)21-24-13-16-28(17-14-24)40(2)3/h5-18,21-23,33H,4,19-20H2,1-3H3,(H,37,42)(H,38,43)(H,39,41)/b30-21+. The molecule has 0 saturated carbocycles. The molecule has 0 aromatic heterocycles. The van der Waals surface area contributed by atoms with Gasteiger partial charge in [0.1, 0.15) is 18.9 Å². The fraction of sp³-hybridized carbons (Fsp3) is 0.194. The van der Waals surface area contributed by atoms with Crippen LogP contribution in [0.4, 0.5) is 17.1 Å². The smallest absolute Gasteiger partial charge is 0.272 e. The fourth-order valence-electron chi connectivity index (χ4n) is 4.65. The molecule has 0 radical (unpaired) electrons. The molecule has 5 rings (SSSR count). The lowest BCUT2D eigenvalue weighted by atomic mass is 10.1. The Morgan fingerprint density at radius 3 is 2.26 bits per heavy atom. The van der Waals surface area contributed by atoms with E-state index in [1.54, 1.807) is 54.6 Å². The van der Waals surface area contributed by atoms with Crippen LogP contribution in [0.15, 0.2) is 108 Å². The van der Waals surface area contributed by atoms with Crippen LogP contribution in [-0.4, -0.2) is 50.3 Å². The van der Waals surface area contributed by atoms with Crippen molar-refractivity contribution < 1.29 is 23.9 Å². The van der Waals surface area contributed by atoms with E-state index in [9.17, 15) is 14.4 Å². The van der Waals surface area contributed by atoms with Crippen molar-refractivity contribution in [1.29, 1.82) is 0 Å². The largest absolute Gasteiger partial charge is 0.486 e. The molecule has 0 spiro atoms. The third kappa shape index (κ3) is 8.48. The first kappa shape index (κ1) is 32.2. The van der Waals surface area contributed by atoms with Gasteiger partial charge in [0.05, 0.1) is 5.25 Å². The molecular weight excluding hydrogens is 600 g/mol. The number of anilines is 3. The topological polar surface area (TPSA) is 109 Å². The Bertz CT molecular complexity index is 1720. The average molecular weight is 637 g/mol. The number of rotatable bonds is 11. The van der Waals surface area contributed by atoms with E-state index in [4.69, 9.17) is 9.47 Å². The van der Waals surface area contributed by atoms with Crippen LogP contribution >= 0.6 is 11.8 Å². The molecule has 3 N–H and O–H groups in total. The number of carbonyl (C=O) groups is 3. The summed E-state index contributed by atoms with van der Waals surface area (Å²) in [4.78, 5) is 42.6. The first-order valence-electron chi connectivity index (χ1n) is 14.9. The zero-order valence-electron chi connectivity index (χ0n) is 25.9. The highest BCUT2D eigenvalue weighted by atomic mass is 32.2. The van der Waals surface area contributed by atoms with Crippen molar-refractivity contribution in [2.75, 3.05) is 42.8 Å². The van der Waals surface area contributed by atoms with Crippen molar-refractivity contribution in [3.8, 4) is 11.5 Å². The molecule has 4 aromatic carbocycles. The Labute approximate surface area is 273 Å². The summed E-state index contributed by atoms with van der Waals surface area (Å²) in [7, 11) is 3.90. The van der Waals surface area contributed by atoms with Gasteiger partial charge in [-0.3, -0.25) is 14.4 Å². The molecule has 10 heteroatoms. The number of amides is 3. The van der Waals surface area contributed by atoms with Gasteiger partial charge in [-0.15, -0.1) is 11.8 Å². The molecule has 0 aliphatic carbocycles. The molecule has 46 heavy (non-hydrogen) atoms. The third-order valence-electron chi connectivity index (χ3n) is 7.09. The van der Waals surface area contributed by atoms with Crippen LogP contribution in [0, 0.1) is 0 Å². The Morgan fingerprint density at radius 1 is 0.826 bits per heavy atom. The molecule has 0 fully saturated rings. The van der Waals surface area contributed by atoms with Crippen molar-refractivity contribution in [1.82, 2.24) is 5.32 Å². The second-order valence-electron chi connectivity index (χ2n) is 10.7. The number of benzene rings is 4. The van der Waals surface area contributed by atoms with Crippen LogP contribution < -0.4 is 30.3 Å². The second kappa shape index (κ2) is 15.2. The molecule has 236 valence electrons. The third-order valence-corrected chi connectivity index (χ3v) is 8.45. The normalized spacial score (nSPS) is 12.9. The molecule has 0 bridgehead atoms. The number of hydrogen-bond acceptors (Lipinski definition) is 7. The molecule has 1 heterocycles. The molecule has 4 aromatic rings. The lowest BCUT2D eigenvalue weighted by Gasteiger charge is -2.20. The minimum absolute atomic E-state index is 0.0924. The summed E-state index contributed by atoms with van der Waals surface area (Å²) in [5, 5.41) is 8.28. The summed E-state index contributed by atoms with van der Waals surface area (Å²) < 4.78 is 11.2. The molecule has 1 atom stereocenters. The van der Waals surface area contributed by atoms with E-state index in [0.29, 0.717) is 48.1 Å². The van der Waals surface area contributed by atoms with Gasteiger partial charge in [-0.1, -0.05) is 43.3 Å². The summed E-state index contributed by atoms with van der Waals surface area (Å²) in [6.45, 7) is 2.91. The molecule has 1 unspecified atom stereocenters. The number of nitrogens with zero attached hydrogens (tertiary/aromatic N) is 1. The number of thioether (sulfide) groups is 1. The highest BCUT2D eigenvalue weighted by molar-refractivity contribution is 8.00. The first-order chi connectivity index (χ1) is 22.3. The fourth-order valence-corrected chi connectivity index (χ4v) is 5.67. The molecule has 3 amide bonds. The van der Waals surface area contributed by atoms with Crippen LogP contribution in [0.5, 0.6) is 11.5 Å². The highest BCUT2D eigenvalue weighted by Gasteiger charge is 2.21. The Hall–Kier alpha value is -5.22. The van der Waals surface area contributed by atoms with E-state index in [2.05, 4.69) is 16.0 Å². The highest BCUT2D eigenvalue weighted by Crippen LogP contribution is 2.34. The Kier molecular flexibility index (Phi) is 10.6. The molecule has 1 aliphatic heterocycles. The van der Waals surface area contributed by atoms with E-state index in [1.165, 1.54) is 11.8 Å². The monoisotopic (exact) mass is 636 g/mol. The lowest BCUT2D eigenvalue weighted by Crippen LogP contribution is -2.30. The molecule has 9 nitrogen and oxygen atoms in total. The number of ether oxygens (including phenoxy) is 2. The molecule has 0 saturated heterocycles. The van der Waals surface area contributed by atoms with E-state index >= 15 is 0 Å². The van der Waals surface area contributed by atoms with Gasteiger partial charge in [0.25, 0.3) is 11.8 Å². The van der Waals surface area contributed by atoms with Crippen LogP contribution in [-0.2, 0) is 9.59 Å². The SMILES string of the molecule is CCC(Sc1cccc(NC(=O)/C(=C\c2ccc(N(C)C)cc2)NC(=O)c2ccccc2)c1)C(=O)Nc1ccc2c(c1)OCCO2. The van der Waals surface area contributed by atoms with Crippen molar-refractivity contribution in [2.45, 2.75) is 23.5 Å². The maximum Gasteiger partial charge on any atom is 0.272 e. The zero-order chi connectivity index (χ0) is 32.5. The Balaban J connectivity index is 1.29. The summed E-state index contributed by atoms with van der Waals surface area (Å²) in [6.07, 6.45) is 2.23. The van der Waals surface area contributed by atoms with Gasteiger partial charge < -0.3 is 30.3 Å². The number of fused-ring (bicyclic) bond motifs is 1. The van der Waals surface area contributed by atoms with Gasteiger partial charge in [0.15, 0.2) is 11.5 Å². The first-order valence-corrected chi connectivity index (χ1v) is 15.8. The predicted molar refractivity (Wildman–Crippen MR) is 184 cm³/mol. The lowest BCUT2D eigenvalue weighted by molar-refractivity contribution is -0.116. The van der Waals surface area contributed by atoms with Gasteiger partial charge in [0, 0.05) is 47.7 Å². The van der Waals surface area contributed by atoms with Crippen LogP contribution in [0.3, 0.4) is 0 Å². The maximum absolute atomic E-state index is 13.6. The van der Waals surface area contributed by atoms with Gasteiger partial charge in [-0.2, -0.15) is 0 Å². The number of carbonyl (C=O) groups excluding carboxylic acids is 3. The number of nitrogens with one attached hydrogen (secondary N) is 3. The summed E-state index contributed by atoms with van der Waals surface area (Å²) in [5.74, 6) is 0.238. The maximum atomic E-state index is 13.6. The zero-order valence-corrected chi connectivity index (χ0v) is 26.7. The minimum atomic E-state index is -0.480.